The lowest BCUT2D eigenvalue weighted by Crippen LogP contribution is -2.36. The molecule has 4 nitrogen and oxygen atoms in total. The van der Waals surface area contributed by atoms with Crippen molar-refractivity contribution in [2.24, 2.45) is 5.73 Å². The molecule has 2 rings (SSSR count). The Balaban J connectivity index is 2.31. The third-order valence-electron chi connectivity index (χ3n) is 3.70. The van der Waals surface area contributed by atoms with Crippen LogP contribution in [0.3, 0.4) is 0 Å². The van der Waals surface area contributed by atoms with Crippen LogP contribution in [0.25, 0.3) is 0 Å². The Morgan fingerprint density at radius 2 is 2.05 bits per heavy atom. The largest absolute Gasteiger partial charge is 0.379 e. The van der Waals surface area contributed by atoms with Gasteiger partial charge in [-0.05, 0) is 26.3 Å². The third kappa shape index (κ3) is 2.53. The molecule has 6 heteroatoms. The van der Waals surface area contributed by atoms with Gasteiger partial charge in [0, 0.05) is 25.3 Å². The third-order valence-corrected chi connectivity index (χ3v) is 3.70. The summed E-state index contributed by atoms with van der Waals surface area (Å²) in [5.74, 6) is -1.93. The summed E-state index contributed by atoms with van der Waals surface area (Å²) in [5, 5.41) is 0. The summed E-state index contributed by atoms with van der Waals surface area (Å²) in [6, 6.07) is 0.814. The average Bonchev–Trinajstić information content (AvgIpc) is 2.60. The van der Waals surface area contributed by atoms with Gasteiger partial charge in [-0.1, -0.05) is 0 Å². The number of hydrogen-bond acceptors (Lipinski definition) is 3. The lowest BCUT2D eigenvalue weighted by molar-refractivity contribution is -0.119. The minimum absolute atomic E-state index is 0.0617. The second-order valence-electron chi connectivity index (χ2n) is 5.50. The van der Waals surface area contributed by atoms with Crippen molar-refractivity contribution < 1.29 is 18.3 Å². The van der Waals surface area contributed by atoms with Crippen molar-refractivity contribution in [2.75, 3.05) is 18.6 Å². The molecule has 0 radical (unpaired) electrons. The van der Waals surface area contributed by atoms with E-state index in [9.17, 15) is 13.6 Å². The number of carbonyl (C=O) groups excluding carboxylic acids is 1. The molecule has 20 heavy (non-hydrogen) atoms. The number of rotatable bonds is 4. The molecule has 1 aromatic carbocycles. The molecular weight excluding hydrogens is 266 g/mol. The van der Waals surface area contributed by atoms with Gasteiger partial charge in [0.15, 0.2) is 0 Å². The molecule has 1 amide bonds. The van der Waals surface area contributed by atoms with Crippen LogP contribution in [0.2, 0.25) is 0 Å². The molecule has 1 unspecified atom stereocenters. The number of ether oxygens (including phenoxy) is 1. The first kappa shape index (κ1) is 14.9. The van der Waals surface area contributed by atoms with Crippen LogP contribution in [0.1, 0.15) is 31.9 Å². The first-order valence-electron chi connectivity index (χ1n) is 6.38. The van der Waals surface area contributed by atoms with Gasteiger partial charge in [0.25, 0.3) is 0 Å². The van der Waals surface area contributed by atoms with Crippen molar-refractivity contribution in [1.82, 2.24) is 0 Å². The van der Waals surface area contributed by atoms with Gasteiger partial charge < -0.3 is 15.4 Å². The monoisotopic (exact) mass is 284 g/mol. The summed E-state index contributed by atoms with van der Waals surface area (Å²) < 4.78 is 32.4. The second kappa shape index (κ2) is 5.10. The fraction of sp³-hybridized carbons (Fsp3) is 0.500. The summed E-state index contributed by atoms with van der Waals surface area (Å²) in [6.07, 6.45) is 0.527. The molecule has 0 saturated heterocycles. The number of nitrogens with zero attached hydrogens (tertiary/aromatic N) is 1. The maximum Gasteiger partial charge on any atom is 0.248 e. The van der Waals surface area contributed by atoms with Crippen molar-refractivity contribution in [2.45, 2.75) is 31.9 Å². The van der Waals surface area contributed by atoms with Gasteiger partial charge in [0.2, 0.25) is 5.91 Å². The van der Waals surface area contributed by atoms with Crippen molar-refractivity contribution in [3.05, 3.63) is 29.3 Å². The molecule has 2 N–H and O–H groups in total. The highest BCUT2D eigenvalue weighted by Crippen LogP contribution is 2.37. The highest BCUT2D eigenvalue weighted by atomic mass is 19.1. The van der Waals surface area contributed by atoms with E-state index in [1.807, 2.05) is 13.8 Å². The van der Waals surface area contributed by atoms with E-state index in [0.29, 0.717) is 13.0 Å². The Morgan fingerprint density at radius 1 is 1.40 bits per heavy atom. The van der Waals surface area contributed by atoms with Gasteiger partial charge in [-0.3, -0.25) is 4.79 Å². The number of fused-ring (bicyclic) bond motifs is 1. The fourth-order valence-electron chi connectivity index (χ4n) is 2.23. The first-order chi connectivity index (χ1) is 9.26. The van der Waals surface area contributed by atoms with Crippen LogP contribution in [0.4, 0.5) is 14.5 Å². The second-order valence-corrected chi connectivity index (χ2v) is 5.50. The molecule has 0 bridgehead atoms. The normalized spacial score (nSPS) is 18.6. The number of carbonyl (C=O) groups is 1. The number of nitrogens with two attached hydrogens (primary N) is 1. The molecular formula is C14H18F2N2O2. The molecule has 1 aromatic rings. The van der Waals surface area contributed by atoms with Gasteiger partial charge in [-0.25, -0.2) is 8.78 Å². The highest BCUT2D eigenvalue weighted by molar-refractivity contribution is 6.04. The smallest absolute Gasteiger partial charge is 0.248 e. The van der Waals surface area contributed by atoms with Crippen molar-refractivity contribution in [1.29, 1.82) is 0 Å². The highest BCUT2D eigenvalue weighted by Gasteiger charge is 2.38. The molecule has 0 aromatic heterocycles. The Morgan fingerprint density at radius 3 is 2.65 bits per heavy atom. The fourth-order valence-corrected chi connectivity index (χ4v) is 2.23. The average molecular weight is 284 g/mol. The molecule has 0 aliphatic carbocycles. The topological polar surface area (TPSA) is 55.6 Å². The van der Waals surface area contributed by atoms with E-state index in [1.54, 1.807) is 7.11 Å². The summed E-state index contributed by atoms with van der Waals surface area (Å²) >= 11 is 0. The van der Waals surface area contributed by atoms with Crippen LogP contribution in [-0.4, -0.2) is 25.2 Å². The minimum Gasteiger partial charge on any atom is -0.379 e. The maximum atomic E-state index is 13.8. The predicted molar refractivity (Wildman–Crippen MR) is 71.3 cm³/mol. The van der Waals surface area contributed by atoms with Crippen LogP contribution < -0.4 is 10.6 Å². The lowest BCUT2D eigenvalue weighted by Gasteiger charge is -2.26. The van der Waals surface area contributed by atoms with Crippen LogP contribution in [-0.2, 0) is 9.53 Å². The van der Waals surface area contributed by atoms with Gasteiger partial charge in [0.05, 0.1) is 11.3 Å². The summed E-state index contributed by atoms with van der Waals surface area (Å²) in [6.45, 7) is 4.05. The van der Waals surface area contributed by atoms with E-state index in [-0.39, 0.29) is 11.3 Å². The number of methoxy groups -OCH3 is 1. The van der Waals surface area contributed by atoms with Crippen LogP contribution in [0.5, 0.6) is 0 Å². The van der Waals surface area contributed by atoms with E-state index in [1.165, 1.54) is 4.90 Å². The van der Waals surface area contributed by atoms with Crippen molar-refractivity contribution >= 4 is 11.6 Å². The zero-order valence-corrected chi connectivity index (χ0v) is 11.7. The quantitative estimate of drug-likeness (QED) is 0.921. The first-order valence-corrected chi connectivity index (χ1v) is 6.38. The Bertz CT molecular complexity index is 546. The summed E-state index contributed by atoms with van der Waals surface area (Å²) in [7, 11) is 1.57. The van der Waals surface area contributed by atoms with Crippen LogP contribution >= 0.6 is 0 Å². The van der Waals surface area contributed by atoms with E-state index in [0.717, 1.165) is 12.1 Å². The maximum absolute atomic E-state index is 13.8. The number of anilines is 1. The molecule has 110 valence electrons. The van der Waals surface area contributed by atoms with Gasteiger partial charge in [0.1, 0.15) is 17.7 Å². The molecule has 0 spiro atoms. The Labute approximate surface area is 116 Å². The number of benzene rings is 1. The summed E-state index contributed by atoms with van der Waals surface area (Å²) in [5.41, 5.74) is 5.56. The van der Waals surface area contributed by atoms with Crippen LogP contribution in [0, 0.1) is 11.6 Å². The molecule has 1 aliphatic rings. The number of halogens is 2. The van der Waals surface area contributed by atoms with E-state index < -0.39 is 29.2 Å². The van der Waals surface area contributed by atoms with E-state index in [4.69, 9.17) is 10.5 Å². The SMILES string of the molecule is COC(C)(C)CCN1C(=O)C(N)c2c(F)cc(F)cc21. The van der Waals surface area contributed by atoms with E-state index in [2.05, 4.69) is 0 Å². The standard InChI is InChI=1S/C14H18F2N2O2/c1-14(2,20-3)4-5-18-10-7-8(15)6-9(16)11(10)12(17)13(18)19/h6-7,12H,4-5,17H2,1-3H3. The zero-order chi connectivity index (χ0) is 15.1. The molecule has 1 aliphatic heterocycles. The number of hydrogen-bond donors (Lipinski definition) is 1. The predicted octanol–water partition coefficient (Wildman–Crippen LogP) is 2.13. The Hall–Kier alpha value is -1.53. The number of amides is 1. The zero-order valence-electron chi connectivity index (χ0n) is 11.7. The van der Waals surface area contributed by atoms with Crippen molar-refractivity contribution in [3.8, 4) is 0 Å². The minimum atomic E-state index is -1.07. The molecule has 0 saturated carbocycles. The lowest BCUT2D eigenvalue weighted by atomic mass is 10.0. The summed E-state index contributed by atoms with van der Waals surface area (Å²) in [4.78, 5) is 13.4. The molecule has 0 fully saturated rings. The molecule has 1 heterocycles. The van der Waals surface area contributed by atoms with Crippen molar-refractivity contribution in [3.63, 3.8) is 0 Å². The van der Waals surface area contributed by atoms with Gasteiger partial charge >= 0.3 is 0 Å². The van der Waals surface area contributed by atoms with Gasteiger partial charge in [-0.2, -0.15) is 0 Å². The van der Waals surface area contributed by atoms with E-state index >= 15 is 0 Å². The molecule has 1 atom stereocenters. The van der Waals surface area contributed by atoms with Crippen LogP contribution in [0.15, 0.2) is 12.1 Å². The van der Waals surface area contributed by atoms with Gasteiger partial charge in [-0.15, -0.1) is 0 Å². The Kier molecular flexibility index (Phi) is 3.80.